The number of aliphatic hydroxyl groups excluding tert-OH is 1. The van der Waals surface area contributed by atoms with Crippen LogP contribution in [0.4, 0.5) is 10.7 Å². The van der Waals surface area contributed by atoms with E-state index in [1.165, 1.54) is 17.4 Å². The number of nitrogens with zero attached hydrogens (tertiary/aromatic N) is 2. The van der Waals surface area contributed by atoms with Crippen molar-refractivity contribution in [1.82, 2.24) is 0 Å². The second-order valence-electron chi connectivity index (χ2n) is 5.34. The summed E-state index contributed by atoms with van der Waals surface area (Å²) in [5.41, 5.74) is -0.225. The molecule has 1 heterocycles. The molecule has 0 aromatic carbocycles. The summed E-state index contributed by atoms with van der Waals surface area (Å²) < 4.78 is 0. The van der Waals surface area contributed by atoms with Gasteiger partial charge in [-0.15, -0.1) is 17.9 Å². The summed E-state index contributed by atoms with van der Waals surface area (Å²) in [6, 6.07) is 1.45. The Balaban J connectivity index is 3.36. The third-order valence-corrected chi connectivity index (χ3v) is 4.01. The van der Waals surface area contributed by atoms with E-state index in [4.69, 9.17) is 0 Å². The van der Waals surface area contributed by atoms with Gasteiger partial charge in [-0.3, -0.25) is 10.1 Å². The number of hydrogen-bond donors (Lipinski definition) is 1. The summed E-state index contributed by atoms with van der Waals surface area (Å²) in [4.78, 5) is 13.3. The molecular weight excluding hydrogens is 264 g/mol. The summed E-state index contributed by atoms with van der Waals surface area (Å²) in [5, 5.41) is 21.3. The first-order valence-electron chi connectivity index (χ1n) is 6.03. The molecule has 1 N–H and O–H groups in total. The van der Waals surface area contributed by atoms with E-state index in [9.17, 15) is 15.2 Å². The first kappa shape index (κ1) is 15.7. The summed E-state index contributed by atoms with van der Waals surface area (Å²) in [6.45, 7) is 11.8. The van der Waals surface area contributed by atoms with Gasteiger partial charge >= 0.3 is 5.69 Å². The molecule has 1 rings (SSSR count). The predicted octanol–water partition coefficient (Wildman–Crippen LogP) is 3.50. The largest absolute Gasteiger partial charge is 0.388 e. The van der Waals surface area contributed by atoms with E-state index in [2.05, 4.69) is 6.58 Å². The average Bonchev–Trinajstić information content (AvgIpc) is 2.68. The summed E-state index contributed by atoms with van der Waals surface area (Å²) in [5.74, 6) is 0. The fourth-order valence-corrected chi connectivity index (χ4v) is 2.97. The molecule has 0 spiro atoms. The second kappa shape index (κ2) is 5.71. The van der Waals surface area contributed by atoms with Gasteiger partial charge in [0.15, 0.2) is 5.00 Å². The van der Waals surface area contributed by atoms with Crippen LogP contribution in [-0.2, 0) is 0 Å². The van der Waals surface area contributed by atoms with Crippen molar-refractivity contribution in [1.29, 1.82) is 0 Å². The van der Waals surface area contributed by atoms with Crippen LogP contribution in [0.15, 0.2) is 18.7 Å². The van der Waals surface area contributed by atoms with Crippen LogP contribution >= 0.6 is 11.3 Å². The molecule has 0 saturated heterocycles. The molecule has 0 amide bonds. The van der Waals surface area contributed by atoms with Crippen molar-refractivity contribution in [3.8, 4) is 0 Å². The molecule has 0 aliphatic rings. The Kier molecular flexibility index (Phi) is 4.70. The van der Waals surface area contributed by atoms with Crippen molar-refractivity contribution in [2.24, 2.45) is 0 Å². The number of anilines is 1. The number of hydrogen-bond acceptors (Lipinski definition) is 5. The number of rotatable bonds is 5. The highest BCUT2D eigenvalue weighted by Crippen LogP contribution is 2.42. The summed E-state index contributed by atoms with van der Waals surface area (Å²) in [6.07, 6.45) is 1.01. The van der Waals surface area contributed by atoms with Crippen molar-refractivity contribution in [2.75, 3.05) is 11.4 Å². The van der Waals surface area contributed by atoms with Crippen molar-refractivity contribution in [2.45, 2.75) is 39.3 Å². The topological polar surface area (TPSA) is 66.6 Å². The predicted molar refractivity (Wildman–Crippen MR) is 78.9 cm³/mol. The van der Waals surface area contributed by atoms with E-state index in [0.717, 1.165) is 0 Å². The Hall–Kier alpha value is -1.40. The third-order valence-electron chi connectivity index (χ3n) is 2.69. The highest BCUT2D eigenvalue weighted by molar-refractivity contribution is 7.16. The van der Waals surface area contributed by atoms with Crippen LogP contribution in [-0.4, -0.2) is 22.1 Å². The van der Waals surface area contributed by atoms with Gasteiger partial charge in [-0.25, -0.2) is 0 Å². The molecule has 0 aliphatic carbocycles. The molecule has 0 saturated carbocycles. The Morgan fingerprint density at radius 1 is 1.63 bits per heavy atom. The maximum atomic E-state index is 11.2. The van der Waals surface area contributed by atoms with E-state index in [0.29, 0.717) is 16.4 Å². The molecule has 0 aliphatic heterocycles. The highest BCUT2D eigenvalue weighted by atomic mass is 32.1. The van der Waals surface area contributed by atoms with Gasteiger partial charge in [-0.05, 0) is 27.7 Å². The Labute approximate surface area is 117 Å². The minimum atomic E-state index is -0.706. The first-order chi connectivity index (χ1) is 8.68. The standard InChI is InChI=1S/C13H20N2O3S/c1-6-7-14(13(3,4)5)12-10(15(17)18)8-11(19-12)9(2)16/h6,8-9,16H,1,7H2,2-5H3. The lowest BCUT2D eigenvalue weighted by atomic mass is 10.1. The van der Waals surface area contributed by atoms with Crippen LogP contribution in [0.5, 0.6) is 0 Å². The van der Waals surface area contributed by atoms with Crippen LogP contribution in [0.2, 0.25) is 0 Å². The average molecular weight is 284 g/mol. The lowest BCUT2D eigenvalue weighted by Crippen LogP contribution is -2.41. The minimum Gasteiger partial charge on any atom is -0.388 e. The molecule has 0 fully saturated rings. The van der Waals surface area contributed by atoms with Gasteiger partial charge < -0.3 is 10.0 Å². The van der Waals surface area contributed by atoms with Crippen molar-refractivity contribution in [3.05, 3.63) is 33.7 Å². The van der Waals surface area contributed by atoms with Crippen LogP contribution in [0.1, 0.15) is 38.7 Å². The quantitative estimate of drug-likeness (QED) is 0.510. The molecule has 1 aromatic rings. The van der Waals surface area contributed by atoms with E-state index in [1.807, 2.05) is 25.7 Å². The van der Waals surface area contributed by atoms with Crippen LogP contribution < -0.4 is 4.90 Å². The maximum absolute atomic E-state index is 11.2. The van der Waals surface area contributed by atoms with Crippen molar-refractivity contribution in [3.63, 3.8) is 0 Å². The van der Waals surface area contributed by atoms with Gasteiger partial charge in [0.2, 0.25) is 0 Å². The molecule has 1 unspecified atom stereocenters. The lowest BCUT2D eigenvalue weighted by Gasteiger charge is -2.35. The third kappa shape index (κ3) is 3.54. The molecule has 0 bridgehead atoms. The summed E-state index contributed by atoms with van der Waals surface area (Å²) in [7, 11) is 0. The zero-order chi connectivity index (χ0) is 14.8. The minimum absolute atomic E-state index is 0.0395. The van der Waals surface area contributed by atoms with Gasteiger partial charge in [0.25, 0.3) is 0 Å². The number of nitro groups is 1. The van der Waals surface area contributed by atoms with Crippen LogP contribution in [0.25, 0.3) is 0 Å². The van der Waals surface area contributed by atoms with Gasteiger partial charge in [-0.2, -0.15) is 0 Å². The van der Waals surface area contributed by atoms with Crippen LogP contribution in [0.3, 0.4) is 0 Å². The monoisotopic (exact) mass is 284 g/mol. The van der Waals surface area contributed by atoms with Gasteiger partial charge in [0.1, 0.15) is 0 Å². The molecule has 1 aromatic heterocycles. The molecule has 0 radical (unpaired) electrons. The lowest BCUT2D eigenvalue weighted by molar-refractivity contribution is -0.383. The van der Waals surface area contributed by atoms with E-state index in [-0.39, 0.29) is 11.2 Å². The Morgan fingerprint density at radius 3 is 2.58 bits per heavy atom. The molecule has 106 valence electrons. The Bertz CT molecular complexity index is 475. The maximum Gasteiger partial charge on any atom is 0.304 e. The molecule has 6 heteroatoms. The fraction of sp³-hybridized carbons (Fsp3) is 0.538. The first-order valence-corrected chi connectivity index (χ1v) is 6.85. The fourth-order valence-electron chi connectivity index (χ4n) is 1.71. The summed E-state index contributed by atoms with van der Waals surface area (Å²) >= 11 is 1.26. The molecular formula is C13H20N2O3S. The molecule has 5 nitrogen and oxygen atoms in total. The van der Waals surface area contributed by atoms with Crippen molar-refractivity contribution >= 4 is 22.0 Å². The molecule has 19 heavy (non-hydrogen) atoms. The zero-order valence-corrected chi connectivity index (χ0v) is 12.5. The number of thiophene rings is 1. The Morgan fingerprint density at radius 2 is 2.21 bits per heavy atom. The van der Waals surface area contributed by atoms with E-state index >= 15 is 0 Å². The van der Waals surface area contributed by atoms with Gasteiger partial charge in [0.05, 0.1) is 11.0 Å². The molecule has 1 atom stereocenters. The second-order valence-corrected chi connectivity index (χ2v) is 6.40. The number of aliphatic hydroxyl groups is 1. The zero-order valence-electron chi connectivity index (χ0n) is 11.7. The highest BCUT2D eigenvalue weighted by Gasteiger charge is 2.30. The normalized spacial score (nSPS) is 13.1. The van der Waals surface area contributed by atoms with Crippen LogP contribution in [0, 0.1) is 10.1 Å². The van der Waals surface area contributed by atoms with Gasteiger partial charge in [-0.1, -0.05) is 6.08 Å². The van der Waals surface area contributed by atoms with E-state index in [1.54, 1.807) is 13.0 Å². The van der Waals surface area contributed by atoms with E-state index < -0.39 is 11.0 Å². The van der Waals surface area contributed by atoms with Crippen molar-refractivity contribution < 1.29 is 10.0 Å². The SMILES string of the molecule is C=CCN(c1sc(C(C)O)cc1[N+](=O)[O-])C(C)(C)C. The smallest absolute Gasteiger partial charge is 0.304 e. The van der Waals surface area contributed by atoms with Gasteiger partial charge in [0, 0.05) is 23.0 Å².